The number of hydrogen-bond acceptors (Lipinski definition) is 3. The number of carbonyl (C=O) groups excluding carboxylic acids is 1. The highest BCUT2D eigenvalue weighted by atomic mass is 19.1. The maximum absolute atomic E-state index is 14.3. The molecule has 2 heterocycles. The Labute approximate surface area is 152 Å². The third-order valence-electron chi connectivity index (χ3n) is 5.74. The number of rotatable bonds is 3. The first-order chi connectivity index (χ1) is 12.6. The monoisotopic (exact) mass is 355 g/mol. The van der Waals surface area contributed by atoms with E-state index >= 15 is 0 Å². The van der Waals surface area contributed by atoms with E-state index in [0.717, 1.165) is 6.42 Å². The van der Waals surface area contributed by atoms with Crippen LogP contribution in [0.15, 0.2) is 48.5 Å². The zero-order valence-electron chi connectivity index (χ0n) is 14.5. The van der Waals surface area contributed by atoms with Crippen molar-refractivity contribution in [2.45, 2.75) is 6.42 Å². The summed E-state index contributed by atoms with van der Waals surface area (Å²) in [5, 5.41) is 9.92. The molecule has 2 aromatic carbocycles. The number of carbonyl (C=O) groups is 1. The lowest BCUT2D eigenvalue weighted by Gasteiger charge is -2.36. The summed E-state index contributed by atoms with van der Waals surface area (Å²) in [6.45, 7) is 2.23. The number of halogens is 1. The van der Waals surface area contributed by atoms with Crippen molar-refractivity contribution in [1.82, 2.24) is 4.90 Å². The predicted molar refractivity (Wildman–Crippen MR) is 96.2 cm³/mol. The second-order valence-corrected chi connectivity index (χ2v) is 7.27. The zero-order chi connectivity index (χ0) is 18.1. The molecule has 0 radical (unpaired) electrons. The van der Waals surface area contributed by atoms with E-state index in [4.69, 9.17) is 4.74 Å². The summed E-state index contributed by atoms with van der Waals surface area (Å²) in [6.07, 6.45) is 0.847. The first-order valence-corrected chi connectivity index (χ1v) is 8.96. The summed E-state index contributed by atoms with van der Waals surface area (Å²) in [5.41, 5.74) is 1.14. The second kappa shape index (κ2) is 6.82. The number of ether oxygens (including phenoxy) is 1. The molecule has 2 saturated heterocycles. The molecule has 0 aliphatic carbocycles. The maximum atomic E-state index is 14.3. The standard InChI is InChI=1S/C21H22FNO3/c22-19-8-4-3-6-17(19)16-5-1-2-7-18(16)20(25)23-11-15-9-10-26-14-21(15,12-23)13-24/h1-8,15,24H,9-14H2/t15-,21+/m0/s1. The molecule has 2 aliphatic heterocycles. The van der Waals surface area contributed by atoms with Crippen molar-refractivity contribution in [3.8, 4) is 11.1 Å². The van der Waals surface area contributed by atoms with Crippen LogP contribution in [-0.2, 0) is 4.74 Å². The van der Waals surface area contributed by atoms with Crippen LogP contribution in [0.4, 0.5) is 4.39 Å². The highest BCUT2D eigenvalue weighted by Gasteiger charge is 2.49. The van der Waals surface area contributed by atoms with Gasteiger partial charge in [0.1, 0.15) is 5.82 Å². The molecular weight excluding hydrogens is 333 g/mol. The van der Waals surface area contributed by atoms with Crippen LogP contribution in [0, 0.1) is 17.2 Å². The van der Waals surface area contributed by atoms with Gasteiger partial charge in [-0.3, -0.25) is 4.79 Å². The van der Waals surface area contributed by atoms with Crippen molar-refractivity contribution >= 4 is 5.91 Å². The summed E-state index contributed by atoms with van der Waals surface area (Å²) in [6, 6.07) is 13.6. The van der Waals surface area contributed by atoms with Gasteiger partial charge in [0.25, 0.3) is 5.91 Å². The lowest BCUT2D eigenvalue weighted by molar-refractivity contribution is -0.0556. The van der Waals surface area contributed by atoms with Gasteiger partial charge in [0, 0.05) is 36.2 Å². The molecule has 5 heteroatoms. The van der Waals surface area contributed by atoms with E-state index in [-0.39, 0.29) is 29.7 Å². The first kappa shape index (κ1) is 17.2. The SMILES string of the molecule is O=C(c1ccccc1-c1ccccc1F)N1C[C@@H]2CCOC[C@]2(CO)C1. The third kappa shape index (κ3) is 2.81. The minimum atomic E-state index is -0.374. The fourth-order valence-corrected chi connectivity index (χ4v) is 4.23. The van der Waals surface area contributed by atoms with Crippen molar-refractivity contribution in [2.75, 3.05) is 32.9 Å². The Morgan fingerprint density at radius 2 is 1.92 bits per heavy atom. The zero-order valence-corrected chi connectivity index (χ0v) is 14.5. The van der Waals surface area contributed by atoms with Gasteiger partial charge in [0.05, 0.1) is 13.2 Å². The Morgan fingerprint density at radius 1 is 1.19 bits per heavy atom. The molecule has 0 spiro atoms. The van der Waals surface area contributed by atoms with Crippen molar-refractivity contribution in [3.05, 3.63) is 59.9 Å². The third-order valence-corrected chi connectivity index (χ3v) is 5.74. The molecule has 2 aromatic rings. The molecule has 4 nitrogen and oxygen atoms in total. The quantitative estimate of drug-likeness (QED) is 0.921. The minimum Gasteiger partial charge on any atom is -0.396 e. The van der Waals surface area contributed by atoms with Gasteiger partial charge in [-0.05, 0) is 30.0 Å². The highest BCUT2D eigenvalue weighted by Crippen LogP contribution is 2.42. The van der Waals surface area contributed by atoms with Gasteiger partial charge in [-0.25, -0.2) is 4.39 Å². The van der Waals surface area contributed by atoms with Crippen molar-refractivity contribution < 1.29 is 19.0 Å². The summed E-state index contributed by atoms with van der Waals surface area (Å²) >= 11 is 0. The van der Waals surface area contributed by atoms with E-state index < -0.39 is 0 Å². The van der Waals surface area contributed by atoms with Crippen LogP contribution < -0.4 is 0 Å². The number of benzene rings is 2. The van der Waals surface area contributed by atoms with Crippen LogP contribution in [0.5, 0.6) is 0 Å². The van der Waals surface area contributed by atoms with E-state index in [1.54, 1.807) is 41.3 Å². The molecule has 0 bridgehead atoms. The average molecular weight is 355 g/mol. The topological polar surface area (TPSA) is 49.8 Å². The number of fused-ring (bicyclic) bond motifs is 1. The van der Waals surface area contributed by atoms with Gasteiger partial charge < -0.3 is 14.7 Å². The molecular formula is C21H22FNO3. The van der Waals surface area contributed by atoms with Crippen molar-refractivity contribution in [3.63, 3.8) is 0 Å². The van der Waals surface area contributed by atoms with Crippen LogP contribution in [0.2, 0.25) is 0 Å². The Bertz CT molecular complexity index is 824. The molecule has 1 amide bonds. The van der Waals surface area contributed by atoms with Gasteiger partial charge in [-0.2, -0.15) is 0 Å². The number of nitrogens with zero attached hydrogens (tertiary/aromatic N) is 1. The van der Waals surface area contributed by atoms with Crippen LogP contribution in [0.25, 0.3) is 11.1 Å². The van der Waals surface area contributed by atoms with E-state index in [1.807, 2.05) is 6.07 Å². The molecule has 0 unspecified atom stereocenters. The molecule has 2 aliphatic rings. The average Bonchev–Trinajstić information content (AvgIpc) is 3.08. The van der Waals surface area contributed by atoms with Crippen molar-refractivity contribution in [1.29, 1.82) is 0 Å². The lowest BCUT2D eigenvalue weighted by Crippen LogP contribution is -2.43. The van der Waals surface area contributed by atoms with Crippen LogP contribution in [0.3, 0.4) is 0 Å². The summed E-state index contributed by atoms with van der Waals surface area (Å²) in [7, 11) is 0. The van der Waals surface area contributed by atoms with E-state index in [2.05, 4.69) is 0 Å². The summed E-state index contributed by atoms with van der Waals surface area (Å²) < 4.78 is 19.9. The molecule has 2 atom stereocenters. The number of amides is 1. The Balaban J connectivity index is 1.67. The number of hydrogen-bond donors (Lipinski definition) is 1. The smallest absolute Gasteiger partial charge is 0.254 e. The second-order valence-electron chi connectivity index (χ2n) is 7.27. The van der Waals surface area contributed by atoms with Gasteiger partial charge in [-0.15, -0.1) is 0 Å². The first-order valence-electron chi connectivity index (χ1n) is 8.96. The van der Waals surface area contributed by atoms with Crippen LogP contribution in [-0.4, -0.2) is 48.8 Å². The number of likely N-dealkylation sites (tertiary alicyclic amines) is 1. The summed E-state index contributed by atoms with van der Waals surface area (Å²) in [4.78, 5) is 15.0. The van der Waals surface area contributed by atoms with Gasteiger partial charge in [0.2, 0.25) is 0 Å². The Morgan fingerprint density at radius 3 is 2.65 bits per heavy atom. The molecule has 26 heavy (non-hydrogen) atoms. The van der Waals surface area contributed by atoms with Crippen molar-refractivity contribution in [2.24, 2.45) is 11.3 Å². The van der Waals surface area contributed by atoms with Gasteiger partial charge in [0.15, 0.2) is 0 Å². The fraction of sp³-hybridized carbons (Fsp3) is 0.381. The van der Waals surface area contributed by atoms with E-state index in [1.165, 1.54) is 6.07 Å². The van der Waals surface area contributed by atoms with E-state index in [0.29, 0.717) is 43.0 Å². The van der Waals surface area contributed by atoms with E-state index in [9.17, 15) is 14.3 Å². The predicted octanol–water partition coefficient (Wildman–Crippen LogP) is 2.96. The molecule has 1 N–H and O–H groups in total. The van der Waals surface area contributed by atoms with Gasteiger partial charge in [-0.1, -0.05) is 36.4 Å². The fourth-order valence-electron chi connectivity index (χ4n) is 4.23. The lowest BCUT2D eigenvalue weighted by atomic mass is 9.76. The minimum absolute atomic E-state index is 0.0103. The largest absolute Gasteiger partial charge is 0.396 e. The molecule has 0 aromatic heterocycles. The maximum Gasteiger partial charge on any atom is 0.254 e. The highest BCUT2D eigenvalue weighted by molar-refractivity contribution is 6.01. The normalized spacial score (nSPS) is 25.2. The molecule has 4 rings (SSSR count). The van der Waals surface area contributed by atoms with Gasteiger partial charge >= 0.3 is 0 Å². The van der Waals surface area contributed by atoms with Crippen LogP contribution in [0.1, 0.15) is 16.8 Å². The summed E-state index contributed by atoms with van der Waals surface area (Å²) in [5.74, 6) is -0.222. The molecule has 136 valence electrons. The number of aliphatic hydroxyl groups is 1. The Hall–Kier alpha value is -2.24. The number of aliphatic hydroxyl groups excluding tert-OH is 1. The Kier molecular flexibility index (Phi) is 4.51. The van der Waals surface area contributed by atoms with Crippen LogP contribution >= 0.6 is 0 Å². The molecule has 0 saturated carbocycles. The molecule has 2 fully saturated rings.